The van der Waals surface area contributed by atoms with Crippen LogP contribution in [0.1, 0.15) is 17.5 Å². The van der Waals surface area contributed by atoms with Gasteiger partial charge in [0.15, 0.2) is 0 Å². The molecular weight excluding hydrogens is 300 g/mol. The minimum atomic E-state index is -0.530. The van der Waals surface area contributed by atoms with Crippen LogP contribution in [0.25, 0.3) is 0 Å². The maximum atomic E-state index is 11.6. The van der Waals surface area contributed by atoms with Crippen LogP contribution < -0.4 is 5.56 Å². The predicted molar refractivity (Wildman–Crippen MR) is 69.5 cm³/mol. The van der Waals surface area contributed by atoms with Crippen molar-refractivity contribution in [2.24, 2.45) is 0 Å². The molecule has 1 aromatic heterocycles. The number of rotatable bonds is 3. The molecule has 1 heterocycles. The van der Waals surface area contributed by atoms with E-state index in [0.717, 1.165) is 5.56 Å². The van der Waals surface area contributed by atoms with Crippen molar-refractivity contribution in [3.8, 4) is 5.88 Å². The first kappa shape index (κ1) is 12.8. The zero-order valence-corrected chi connectivity index (χ0v) is 11.1. The fraction of sp³-hybridized carbons (Fsp3) is 0.167. The molecule has 0 spiro atoms. The highest BCUT2D eigenvalue weighted by atomic mass is 79.9. The molecule has 2 N–H and O–H groups in total. The summed E-state index contributed by atoms with van der Waals surface area (Å²) in [5, 5.41) is 9.54. The van der Waals surface area contributed by atoms with E-state index in [0.29, 0.717) is 0 Å². The van der Waals surface area contributed by atoms with Crippen LogP contribution in [0, 0.1) is 0 Å². The van der Waals surface area contributed by atoms with Crippen molar-refractivity contribution in [2.45, 2.75) is 6.10 Å². The second-order valence-electron chi connectivity index (χ2n) is 3.62. The Labute approximate surface area is 112 Å². The Morgan fingerprint density at radius 3 is 2.61 bits per heavy atom. The molecule has 0 amide bonds. The summed E-state index contributed by atoms with van der Waals surface area (Å²) in [5.74, 6) is -0.0962. The summed E-state index contributed by atoms with van der Waals surface area (Å²) in [4.78, 5) is 18.0. The topological polar surface area (TPSA) is 75.2 Å². The number of aromatic amines is 1. The lowest BCUT2D eigenvalue weighted by Crippen LogP contribution is -2.16. The van der Waals surface area contributed by atoms with Gasteiger partial charge in [-0.25, -0.2) is 0 Å². The van der Waals surface area contributed by atoms with E-state index >= 15 is 0 Å². The third-order valence-electron chi connectivity index (χ3n) is 2.45. The first-order valence-corrected chi connectivity index (χ1v) is 5.99. The number of halogens is 1. The summed E-state index contributed by atoms with van der Waals surface area (Å²) in [6.07, 6.45) is -0.530. The van der Waals surface area contributed by atoms with Crippen molar-refractivity contribution in [2.75, 3.05) is 7.11 Å². The van der Waals surface area contributed by atoms with E-state index in [4.69, 9.17) is 4.74 Å². The zero-order valence-electron chi connectivity index (χ0n) is 9.55. The molecule has 6 heteroatoms. The summed E-state index contributed by atoms with van der Waals surface area (Å²) < 4.78 is 5.32. The normalized spacial score (nSPS) is 12.3. The second-order valence-corrected chi connectivity index (χ2v) is 4.41. The van der Waals surface area contributed by atoms with E-state index in [9.17, 15) is 9.90 Å². The number of ether oxygens (including phenoxy) is 1. The maximum Gasteiger partial charge on any atom is 0.269 e. The van der Waals surface area contributed by atoms with E-state index in [2.05, 4.69) is 25.9 Å². The maximum absolute atomic E-state index is 11.6. The number of H-pyrrole nitrogens is 1. The van der Waals surface area contributed by atoms with Crippen LogP contribution >= 0.6 is 15.9 Å². The van der Waals surface area contributed by atoms with Gasteiger partial charge in [-0.1, -0.05) is 30.3 Å². The third kappa shape index (κ3) is 2.44. The van der Waals surface area contributed by atoms with Crippen molar-refractivity contribution in [1.29, 1.82) is 0 Å². The van der Waals surface area contributed by atoms with Crippen LogP contribution in [0.15, 0.2) is 39.6 Å². The molecule has 0 radical (unpaired) electrons. The van der Waals surface area contributed by atoms with Crippen molar-refractivity contribution < 1.29 is 9.84 Å². The number of hydrogen-bond donors (Lipinski definition) is 2. The summed E-state index contributed by atoms with van der Waals surface area (Å²) in [6, 6.07) is 9.31. The minimum Gasteiger partial charge on any atom is -0.492 e. The molecule has 5 nitrogen and oxygen atoms in total. The van der Waals surface area contributed by atoms with E-state index in [1.165, 1.54) is 7.11 Å². The Morgan fingerprint density at radius 2 is 2.06 bits per heavy atom. The Kier molecular flexibility index (Phi) is 3.78. The molecule has 1 atom stereocenters. The van der Waals surface area contributed by atoms with Gasteiger partial charge in [-0.3, -0.25) is 4.79 Å². The molecule has 0 saturated heterocycles. The lowest BCUT2D eigenvalue weighted by Gasteiger charge is -2.15. The SMILES string of the molecule is COC(c1ccccc1)c1nc(O)c(Br)c(=O)[nH]1. The Balaban J connectivity index is 2.49. The van der Waals surface area contributed by atoms with Gasteiger partial charge >= 0.3 is 0 Å². The zero-order chi connectivity index (χ0) is 13.1. The van der Waals surface area contributed by atoms with E-state index in [1.54, 1.807) is 0 Å². The quantitative estimate of drug-likeness (QED) is 0.909. The molecule has 0 aliphatic rings. The van der Waals surface area contributed by atoms with Crippen LogP contribution in [-0.2, 0) is 4.74 Å². The monoisotopic (exact) mass is 310 g/mol. The summed E-state index contributed by atoms with van der Waals surface area (Å²) >= 11 is 2.94. The first-order valence-electron chi connectivity index (χ1n) is 5.20. The average molecular weight is 311 g/mol. The Morgan fingerprint density at radius 1 is 1.39 bits per heavy atom. The number of methoxy groups -OCH3 is 1. The van der Waals surface area contributed by atoms with E-state index < -0.39 is 11.7 Å². The van der Waals surface area contributed by atoms with Gasteiger partial charge in [-0.05, 0) is 21.5 Å². The van der Waals surface area contributed by atoms with E-state index in [1.807, 2.05) is 30.3 Å². The van der Waals surface area contributed by atoms with Crippen LogP contribution in [-0.4, -0.2) is 22.2 Å². The molecule has 2 rings (SSSR count). The van der Waals surface area contributed by atoms with Crippen molar-refractivity contribution in [3.05, 3.63) is 56.5 Å². The van der Waals surface area contributed by atoms with Gasteiger partial charge in [0.05, 0.1) is 0 Å². The standard InChI is InChI=1S/C12H11BrN2O3/c1-18-9(7-5-3-2-4-6-7)10-14-11(16)8(13)12(17)15-10/h2-6,9H,1H3,(H2,14,15,16,17). The molecule has 0 bridgehead atoms. The van der Waals surface area contributed by atoms with Gasteiger partial charge in [-0.15, -0.1) is 0 Å². The summed E-state index contributed by atoms with van der Waals surface area (Å²) in [5.41, 5.74) is 0.389. The highest BCUT2D eigenvalue weighted by molar-refractivity contribution is 9.10. The number of nitrogens with one attached hydrogen (secondary N) is 1. The number of aromatic hydroxyl groups is 1. The minimum absolute atomic E-state index is 0.00849. The Bertz CT molecular complexity index is 598. The Hall–Kier alpha value is -1.66. The molecule has 0 aliphatic carbocycles. The summed E-state index contributed by atoms with van der Waals surface area (Å²) in [6.45, 7) is 0. The number of nitrogens with zero attached hydrogens (tertiary/aromatic N) is 1. The van der Waals surface area contributed by atoms with Crippen molar-refractivity contribution >= 4 is 15.9 Å². The number of hydrogen-bond acceptors (Lipinski definition) is 4. The lowest BCUT2D eigenvalue weighted by molar-refractivity contribution is 0.128. The van der Waals surface area contributed by atoms with Gasteiger partial charge in [0.2, 0.25) is 5.88 Å². The smallest absolute Gasteiger partial charge is 0.269 e. The van der Waals surface area contributed by atoms with E-state index in [-0.39, 0.29) is 16.2 Å². The number of benzene rings is 1. The van der Waals surface area contributed by atoms with Crippen LogP contribution in [0.5, 0.6) is 5.88 Å². The lowest BCUT2D eigenvalue weighted by atomic mass is 10.1. The second kappa shape index (κ2) is 5.32. The third-order valence-corrected chi connectivity index (χ3v) is 3.16. The van der Waals surface area contributed by atoms with Gasteiger partial charge in [0.1, 0.15) is 16.4 Å². The fourth-order valence-electron chi connectivity index (χ4n) is 1.62. The van der Waals surface area contributed by atoms with Gasteiger partial charge in [0.25, 0.3) is 5.56 Å². The molecule has 0 saturated carbocycles. The van der Waals surface area contributed by atoms with Crippen LogP contribution in [0.4, 0.5) is 0 Å². The van der Waals surface area contributed by atoms with Crippen LogP contribution in [0.3, 0.4) is 0 Å². The predicted octanol–water partition coefficient (Wildman–Crippen LogP) is 1.97. The molecule has 0 fully saturated rings. The highest BCUT2D eigenvalue weighted by Crippen LogP contribution is 2.24. The molecule has 1 aromatic carbocycles. The fourth-order valence-corrected chi connectivity index (χ4v) is 1.81. The molecule has 18 heavy (non-hydrogen) atoms. The summed E-state index contributed by atoms with van der Waals surface area (Å²) in [7, 11) is 1.51. The molecule has 1 unspecified atom stereocenters. The van der Waals surface area contributed by atoms with Crippen molar-refractivity contribution in [3.63, 3.8) is 0 Å². The molecule has 94 valence electrons. The largest absolute Gasteiger partial charge is 0.492 e. The van der Waals surface area contributed by atoms with Gasteiger partial charge < -0.3 is 14.8 Å². The first-order chi connectivity index (χ1) is 8.63. The van der Waals surface area contributed by atoms with Crippen LogP contribution in [0.2, 0.25) is 0 Å². The number of aromatic nitrogens is 2. The van der Waals surface area contributed by atoms with Gasteiger partial charge in [-0.2, -0.15) is 4.98 Å². The molecular formula is C12H11BrN2O3. The molecule has 2 aromatic rings. The molecule has 0 aliphatic heterocycles. The average Bonchev–Trinajstić information content (AvgIpc) is 2.38. The van der Waals surface area contributed by atoms with Gasteiger partial charge in [0, 0.05) is 7.11 Å². The highest BCUT2D eigenvalue weighted by Gasteiger charge is 2.18. The van der Waals surface area contributed by atoms with Crippen molar-refractivity contribution in [1.82, 2.24) is 9.97 Å².